The van der Waals surface area contributed by atoms with E-state index in [2.05, 4.69) is 25.1 Å². The van der Waals surface area contributed by atoms with Gasteiger partial charge in [-0.05, 0) is 35.6 Å². The Balaban J connectivity index is 1.64. The second-order valence-electron chi connectivity index (χ2n) is 5.28. The van der Waals surface area contributed by atoms with Gasteiger partial charge in [0.2, 0.25) is 5.89 Å². The maximum atomic E-state index is 12.3. The van der Waals surface area contributed by atoms with Crippen LogP contribution in [-0.2, 0) is 12.8 Å². The summed E-state index contributed by atoms with van der Waals surface area (Å²) in [6.07, 6.45) is 2.06. The van der Waals surface area contributed by atoms with Crippen LogP contribution in [0.3, 0.4) is 0 Å². The highest BCUT2D eigenvalue weighted by Crippen LogP contribution is 2.17. The summed E-state index contributed by atoms with van der Waals surface area (Å²) in [4.78, 5) is 12.8. The van der Waals surface area contributed by atoms with Gasteiger partial charge < -0.3 is 9.15 Å². The Morgan fingerprint density at radius 1 is 1.24 bits per heavy atom. The van der Waals surface area contributed by atoms with Crippen LogP contribution in [0.5, 0.6) is 5.75 Å². The van der Waals surface area contributed by atoms with Crippen LogP contribution in [0.1, 0.15) is 40.2 Å². The highest BCUT2D eigenvalue weighted by molar-refractivity contribution is 7.08. The maximum absolute atomic E-state index is 12.3. The Morgan fingerprint density at radius 3 is 2.76 bits per heavy atom. The molecule has 0 fully saturated rings. The number of hydrogen-bond donors (Lipinski definition) is 1. The van der Waals surface area contributed by atoms with E-state index in [1.165, 1.54) is 0 Å². The first-order valence-corrected chi connectivity index (χ1v) is 8.54. The van der Waals surface area contributed by atoms with E-state index in [-0.39, 0.29) is 11.9 Å². The molecule has 9 heteroatoms. The minimum Gasteiger partial charge on any atom is -0.497 e. The first-order valence-electron chi connectivity index (χ1n) is 7.77. The molecule has 3 rings (SSSR count). The lowest BCUT2D eigenvalue weighted by Gasteiger charge is -2.01. The van der Waals surface area contributed by atoms with Crippen LogP contribution in [0.4, 0.5) is 6.01 Å². The molecular weight excluding hydrogens is 342 g/mol. The summed E-state index contributed by atoms with van der Waals surface area (Å²) in [5.74, 6) is 0.859. The summed E-state index contributed by atoms with van der Waals surface area (Å²) < 4.78 is 14.4. The number of rotatable bonds is 7. The molecule has 0 saturated carbocycles. The zero-order valence-electron chi connectivity index (χ0n) is 13.9. The van der Waals surface area contributed by atoms with Crippen molar-refractivity contribution >= 4 is 23.5 Å². The smallest absolute Gasteiger partial charge is 0.322 e. The van der Waals surface area contributed by atoms with E-state index in [1.807, 2.05) is 31.2 Å². The third-order valence-electron chi connectivity index (χ3n) is 3.45. The number of ether oxygens (including phenoxy) is 1. The van der Waals surface area contributed by atoms with Gasteiger partial charge in [-0.3, -0.25) is 10.1 Å². The molecule has 8 nitrogen and oxygen atoms in total. The number of nitrogens with zero attached hydrogens (tertiary/aromatic N) is 4. The lowest BCUT2D eigenvalue weighted by atomic mass is 10.1. The third kappa shape index (κ3) is 4.18. The highest BCUT2D eigenvalue weighted by atomic mass is 32.1. The number of aromatic nitrogens is 4. The SMILES string of the molecule is CCCc1nnsc1C(=O)Nc1nnc(Cc2ccc(OC)cc2)o1. The number of methoxy groups -OCH3 is 1. The van der Waals surface area contributed by atoms with Gasteiger partial charge in [0.05, 0.1) is 19.2 Å². The van der Waals surface area contributed by atoms with Gasteiger partial charge in [-0.15, -0.1) is 10.2 Å². The lowest BCUT2D eigenvalue weighted by Crippen LogP contribution is -2.12. The molecule has 3 aromatic rings. The molecule has 1 N–H and O–H groups in total. The van der Waals surface area contributed by atoms with Gasteiger partial charge in [0.1, 0.15) is 10.6 Å². The Morgan fingerprint density at radius 2 is 2.04 bits per heavy atom. The van der Waals surface area contributed by atoms with Crippen molar-refractivity contribution in [1.82, 2.24) is 19.8 Å². The fraction of sp³-hybridized carbons (Fsp3) is 0.312. The van der Waals surface area contributed by atoms with Gasteiger partial charge in [-0.25, -0.2) is 0 Å². The lowest BCUT2D eigenvalue weighted by molar-refractivity contribution is 0.102. The first-order chi connectivity index (χ1) is 12.2. The van der Waals surface area contributed by atoms with Gasteiger partial charge in [0, 0.05) is 0 Å². The van der Waals surface area contributed by atoms with Gasteiger partial charge in [0.25, 0.3) is 5.91 Å². The van der Waals surface area contributed by atoms with Crippen molar-refractivity contribution in [3.63, 3.8) is 0 Å². The number of hydrogen-bond acceptors (Lipinski definition) is 8. The van der Waals surface area contributed by atoms with E-state index >= 15 is 0 Å². The maximum Gasteiger partial charge on any atom is 0.322 e. The van der Waals surface area contributed by atoms with Crippen molar-refractivity contribution in [3.05, 3.63) is 46.3 Å². The van der Waals surface area contributed by atoms with Crippen LogP contribution in [0, 0.1) is 0 Å². The second kappa shape index (κ2) is 7.84. The van der Waals surface area contributed by atoms with Crippen molar-refractivity contribution in [2.24, 2.45) is 0 Å². The monoisotopic (exact) mass is 359 g/mol. The topological polar surface area (TPSA) is 103 Å². The van der Waals surface area contributed by atoms with Crippen LogP contribution in [-0.4, -0.2) is 32.8 Å². The molecule has 0 aliphatic heterocycles. The predicted molar refractivity (Wildman–Crippen MR) is 92.0 cm³/mol. The summed E-state index contributed by atoms with van der Waals surface area (Å²) in [6, 6.07) is 7.62. The fourth-order valence-corrected chi connectivity index (χ4v) is 2.83. The Kier molecular flexibility index (Phi) is 5.34. The summed E-state index contributed by atoms with van der Waals surface area (Å²) in [6.45, 7) is 2.02. The molecule has 2 aromatic heterocycles. The average Bonchev–Trinajstić information content (AvgIpc) is 3.25. The quantitative estimate of drug-likeness (QED) is 0.692. The van der Waals surface area contributed by atoms with E-state index in [9.17, 15) is 4.79 Å². The molecule has 0 bridgehead atoms. The summed E-state index contributed by atoms with van der Waals surface area (Å²) in [7, 11) is 1.62. The largest absolute Gasteiger partial charge is 0.497 e. The zero-order valence-corrected chi connectivity index (χ0v) is 14.7. The van der Waals surface area contributed by atoms with E-state index < -0.39 is 0 Å². The fourth-order valence-electron chi connectivity index (χ4n) is 2.23. The molecule has 0 aliphatic rings. The zero-order chi connectivity index (χ0) is 17.6. The standard InChI is InChI=1S/C16H17N5O3S/c1-3-4-12-14(25-21-18-12)15(22)17-16-20-19-13(24-16)9-10-5-7-11(23-2)8-6-10/h5-8H,3-4,9H2,1-2H3,(H,17,20,22). The van der Waals surface area contributed by atoms with Gasteiger partial charge in [-0.1, -0.05) is 35.1 Å². The molecule has 0 saturated heterocycles. The van der Waals surface area contributed by atoms with Crippen LogP contribution in [0.25, 0.3) is 0 Å². The third-order valence-corrected chi connectivity index (χ3v) is 4.22. The molecule has 0 aliphatic carbocycles. The van der Waals surface area contributed by atoms with Crippen molar-refractivity contribution in [2.75, 3.05) is 12.4 Å². The predicted octanol–water partition coefficient (Wildman–Crippen LogP) is 2.73. The first kappa shape index (κ1) is 17.0. The van der Waals surface area contributed by atoms with Crippen LogP contribution in [0.15, 0.2) is 28.7 Å². The molecular formula is C16H17N5O3S. The number of aryl methyl sites for hydroxylation is 1. The molecule has 130 valence electrons. The number of carbonyl (C=O) groups is 1. The summed E-state index contributed by atoms with van der Waals surface area (Å²) in [5, 5.41) is 14.4. The number of nitrogens with one attached hydrogen (secondary N) is 1. The van der Waals surface area contributed by atoms with Crippen LogP contribution in [0.2, 0.25) is 0 Å². The highest BCUT2D eigenvalue weighted by Gasteiger charge is 2.18. The van der Waals surface area contributed by atoms with E-state index in [4.69, 9.17) is 9.15 Å². The Hall–Kier alpha value is -2.81. The number of anilines is 1. The van der Waals surface area contributed by atoms with Crippen molar-refractivity contribution in [2.45, 2.75) is 26.2 Å². The molecule has 0 atom stereocenters. The molecule has 0 unspecified atom stereocenters. The molecule has 25 heavy (non-hydrogen) atoms. The minimum absolute atomic E-state index is 0.0596. The van der Waals surface area contributed by atoms with Gasteiger partial charge in [-0.2, -0.15) is 0 Å². The Labute approximate surface area is 148 Å². The second-order valence-corrected chi connectivity index (χ2v) is 6.03. The van der Waals surface area contributed by atoms with E-state index in [1.54, 1.807) is 7.11 Å². The summed E-state index contributed by atoms with van der Waals surface area (Å²) >= 11 is 1.05. The Bertz CT molecular complexity index is 844. The molecule has 0 radical (unpaired) electrons. The average molecular weight is 359 g/mol. The minimum atomic E-state index is -0.335. The molecule has 1 aromatic carbocycles. The molecule has 2 heterocycles. The number of carbonyl (C=O) groups excluding carboxylic acids is 1. The van der Waals surface area contributed by atoms with Crippen LogP contribution < -0.4 is 10.1 Å². The van der Waals surface area contributed by atoms with Gasteiger partial charge in [0.15, 0.2) is 0 Å². The van der Waals surface area contributed by atoms with E-state index in [0.717, 1.165) is 29.3 Å². The molecule has 0 spiro atoms. The van der Waals surface area contributed by atoms with Crippen molar-refractivity contribution < 1.29 is 13.9 Å². The van der Waals surface area contributed by atoms with Crippen LogP contribution >= 0.6 is 11.5 Å². The number of amides is 1. The summed E-state index contributed by atoms with van der Waals surface area (Å²) in [5.41, 5.74) is 1.68. The molecule has 1 amide bonds. The van der Waals surface area contributed by atoms with Crippen molar-refractivity contribution in [3.8, 4) is 5.75 Å². The normalized spacial score (nSPS) is 10.6. The van der Waals surface area contributed by atoms with E-state index in [0.29, 0.717) is 29.3 Å². The van der Waals surface area contributed by atoms with Gasteiger partial charge >= 0.3 is 6.01 Å². The van der Waals surface area contributed by atoms with Crippen molar-refractivity contribution in [1.29, 1.82) is 0 Å². The number of benzene rings is 1.